The first-order valence-corrected chi connectivity index (χ1v) is 12.8. The Morgan fingerprint density at radius 2 is 2.00 bits per heavy atom. The topological polar surface area (TPSA) is 52.6 Å². The SMILES string of the molecule is C=C1C(=O)[C@@H]2OC(=O)[C@]13CCc1ccc(C)c4c1[C@]3(O[Si](C)(C)C)[C@@H]2C4. The Balaban J connectivity index is 1.91. The normalized spacial score (nSPS) is 37.0. The highest BCUT2D eigenvalue weighted by molar-refractivity contribution is 6.69. The molecule has 136 valence electrons. The Bertz CT molecular complexity index is 911. The molecule has 5 heteroatoms. The van der Waals surface area contributed by atoms with Crippen molar-refractivity contribution in [2.24, 2.45) is 11.3 Å². The summed E-state index contributed by atoms with van der Waals surface area (Å²) in [6.07, 6.45) is 1.27. The van der Waals surface area contributed by atoms with E-state index in [1.807, 2.05) is 0 Å². The molecule has 2 aliphatic heterocycles. The first kappa shape index (κ1) is 16.5. The summed E-state index contributed by atoms with van der Waals surface area (Å²) in [6, 6.07) is 4.34. The fourth-order valence-electron chi connectivity index (χ4n) is 6.01. The monoisotopic (exact) mass is 368 g/mol. The average molecular weight is 369 g/mol. The van der Waals surface area contributed by atoms with Gasteiger partial charge >= 0.3 is 5.97 Å². The molecule has 0 amide bonds. The highest BCUT2D eigenvalue weighted by Crippen LogP contribution is 2.70. The predicted octanol–water partition coefficient (Wildman–Crippen LogP) is 3.21. The van der Waals surface area contributed by atoms with Gasteiger partial charge < -0.3 is 9.16 Å². The third-order valence-corrected chi connectivity index (χ3v) is 7.77. The molecule has 2 bridgehead atoms. The summed E-state index contributed by atoms with van der Waals surface area (Å²) in [5, 5.41) is 0. The lowest BCUT2D eigenvalue weighted by Crippen LogP contribution is -2.73. The molecule has 0 aromatic heterocycles. The fourth-order valence-corrected chi connectivity index (χ4v) is 7.40. The van der Waals surface area contributed by atoms with Gasteiger partial charge in [-0.25, -0.2) is 0 Å². The highest BCUT2D eigenvalue weighted by atomic mass is 28.4. The van der Waals surface area contributed by atoms with Crippen LogP contribution in [0.1, 0.15) is 28.7 Å². The summed E-state index contributed by atoms with van der Waals surface area (Å²) in [5.41, 5.74) is 3.46. The van der Waals surface area contributed by atoms with Gasteiger partial charge in [0.1, 0.15) is 11.0 Å². The summed E-state index contributed by atoms with van der Waals surface area (Å²) in [5.74, 6) is -0.542. The maximum Gasteiger partial charge on any atom is 0.320 e. The zero-order chi connectivity index (χ0) is 18.6. The molecular formula is C21H24O4Si. The van der Waals surface area contributed by atoms with Crippen molar-refractivity contribution in [3.05, 3.63) is 46.5 Å². The molecule has 4 nitrogen and oxygen atoms in total. The summed E-state index contributed by atoms with van der Waals surface area (Å²) >= 11 is 0. The molecule has 0 radical (unpaired) electrons. The van der Waals surface area contributed by atoms with Crippen LogP contribution < -0.4 is 0 Å². The Morgan fingerprint density at radius 3 is 2.69 bits per heavy atom. The molecule has 3 fully saturated rings. The average Bonchev–Trinajstić information content (AvgIpc) is 2.89. The number of aryl methyl sites for hydroxylation is 2. The molecular weight excluding hydrogens is 344 g/mol. The number of hydrogen-bond acceptors (Lipinski definition) is 4. The smallest absolute Gasteiger partial charge is 0.320 e. The zero-order valence-electron chi connectivity index (χ0n) is 15.8. The van der Waals surface area contributed by atoms with Crippen molar-refractivity contribution in [2.75, 3.05) is 0 Å². The molecule has 1 saturated carbocycles. The van der Waals surface area contributed by atoms with Crippen molar-refractivity contribution >= 4 is 20.1 Å². The standard InChI is InChI=1S/C21H24O4Si/c1-11-6-7-13-8-9-20-12(2)17(22)18(24-19(20)23)15-10-14(11)16(13)21(15,20)25-26(3,4)5/h6-7,15,18H,2,8-10H2,1,3-5H3/t15-,18-,20+,21-/m1/s1. The molecule has 1 aromatic rings. The van der Waals surface area contributed by atoms with Gasteiger partial charge in [-0.3, -0.25) is 9.59 Å². The van der Waals surface area contributed by atoms with Gasteiger partial charge in [-0.05, 0) is 68.1 Å². The Morgan fingerprint density at radius 1 is 1.27 bits per heavy atom. The molecule has 0 N–H and O–H groups in total. The van der Waals surface area contributed by atoms with Gasteiger partial charge in [-0.2, -0.15) is 0 Å². The molecule has 2 saturated heterocycles. The van der Waals surface area contributed by atoms with E-state index < -0.39 is 25.4 Å². The van der Waals surface area contributed by atoms with Gasteiger partial charge in [0.15, 0.2) is 14.4 Å². The van der Waals surface area contributed by atoms with Crippen LogP contribution in [-0.4, -0.2) is 26.2 Å². The van der Waals surface area contributed by atoms with Gasteiger partial charge in [0.05, 0.1) is 0 Å². The highest BCUT2D eigenvalue weighted by Gasteiger charge is 2.78. The van der Waals surface area contributed by atoms with Crippen LogP contribution in [0.5, 0.6) is 0 Å². The quantitative estimate of drug-likeness (QED) is 0.457. The first-order valence-electron chi connectivity index (χ1n) is 9.40. The predicted molar refractivity (Wildman–Crippen MR) is 99.3 cm³/mol. The number of benzene rings is 1. The van der Waals surface area contributed by atoms with Crippen LogP contribution >= 0.6 is 0 Å². The van der Waals surface area contributed by atoms with Gasteiger partial charge in [0.2, 0.25) is 5.78 Å². The Labute approximate surface area is 154 Å². The van der Waals surface area contributed by atoms with Gasteiger partial charge in [-0.15, -0.1) is 0 Å². The molecule has 0 unspecified atom stereocenters. The van der Waals surface area contributed by atoms with Crippen LogP contribution in [0.2, 0.25) is 19.6 Å². The van der Waals surface area contributed by atoms with Crippen LogP contribution in [-0.2, 0) is 37.2 Å². The number of esters is 1. The number of carbonyl (C=O) groups is 2. The third kappa shape index (κ3) is 1.56. The lowest BCUT2D eigenvalue weighted by Gasteiger charge is -2.62. The van der Waals surface area contributed by atoms with E-state index in [-0.39, 0.29) is 17.7 Å². The van der Waals surface area contributed by atoms with E-state index >= 15 is 0 Å². The van der Waals surface area contributed by atoms with Crippen molar-refractivity contribution in [3.63, 3.8) is 0 Å². The summed E-state index contributed by atoms with van der Waals surface area (Å²) in [4.78, 5) is 26.2. The number of ketones is 1. The number of fused-ring (bicyclic) bond motifs is 2. The Hall–Kier alpha value is -1.72. The maximum absolute atomic E-state index is 13.2. The summed E-state index contributed by atoms with van der Waals surface area (Å²) in [7, 11) is -2.04. The number of Topliss-reactive ketones (excluding diaryl/α,β-unsaturated/α-hetero) is 1. The van der Waals surface area contributed by atoms with Crippen LogP contribution in [0.3, 0.4) is 0 Å². The number of ether oxygens (including phenoxy) is 1. The second kappa shape index (κ2) is 4.57. The van der Waals surface area contributed by atoms with Crippen LogP contribution in [0.15, 0.2) is 24.3 Å². The van der Waals surface area contributed by atoms with Crippen LogP contribution in [0.4, 0.5) is 0 Å². The maximum atomic E-state index is 13.2. The van der Waals surface area contributed by atoms with E-state index in [2.05, 4.69) is 45.3 Å². The number of carbonyl (C=O) groups excluding carboxylic acids is 2. The van der Waals surface area contributed by atoms with E-state index in [0.717, 1.165) is 12.8 Å². The lowest BCUT2D eigenvalue weighted by atomic mass is 9.49. The summed E-state index contributed by atoms with van der Waals surface area (Å²) < 4.78 is 12.7. The van der Waals surface area contributed by atoms with Crippen molar-refractivity contribution < 1.29 is 18.8 Å². The molecule has 3 aliphatic carbocycles. The minimum atomic E-state index is -2.04. The van der Waals surface area contributed by atoms with E-state index in [4.69, 9.17) is 9.16 Å². The van der Waals surface area contributed by atoms with Crippen LogP contribution in [0, 0.1) is 18.3 Å². The first-order chi connectivity index (χ1) is 12.1. The zero-order valence-corrected chi connectivity index (χ0v) is 16.8. The van der Waals surface area contributed by atoms with Crippen molar-refractivity contribution in [2.45, 2.75) is 57.5 Å². The second-order valence-corrected chi connectivity index (χ2v) is 13.7. The Kier molecular flexibility index (Phi) is 2.89. The van der Waals surface area contributed by atoms with E-state index in [1.165, 1.54) is 22.3 Å². The van der Waals surface area contributed by atoms with Gasteiger partial charge in [-0.1, -0.05) is 18.7 Å². The van der Waals surface area contributed by atoms with Crippen LogP contribution in [0.25, 0.3) is 0 Å². The van der Waals surface area contributed by atoms with Gasteiger partial charge in [0, 0.05) is 11.5 Å². The molecule has 2 heterocycles. The lowest BCUT2D eigenvalue weighted by molar-refractivity contribution is -0.230. The van der Waals surface area contributed by atoms with E-state index in [0.29, 0.717) is 12.0 Å². The molecule has 1 aromatic carbocycles. The van der Waals surface area contributed by atoms with Crippen molar-refractivity contribution in [1.82, 2.24) is 0 Å². The molecule has 26 heavy (non-hydrogen) atoms. The summed E-state index contributed by atoms with van der Waals surface area (Å²) in [6.45, 7) is 12.7. The second-order valence-electron chi connectivity index (χ2n) is 9.23. The van der Waals surface area contributed by atoms with Crippen molar-refractivity contribution in [1.29, 1.82) is 0 Å². The fraction of sp³-hybridized carbons (Fsp3) is 0.524. The molecule has 6 rings (SSSR count). The van der Waals surface area contributed by atoms with E-state index in [1.54, 1.807) is 0 Å². The minimum Gasteiger partial charge on any atom is -0.453 e. The van der Waals surface area contributed by atoms with Crippen molar-refractivity contribution in [3.8, 4) is 0 Å². The third-order valence-electron chi connectivity index (χ3n) is 6.84. The number of hydrogen-bond donors (Lipinski definition) is 0. The van der Waals surface area contributed by atoms with E-state index in [9.17, 15) is 9.59 Å². The number of rotatable bonds is 2. The largest absolute Gasteiger partial charge is 0.453 e. The molecule has 5 aliphatic rings. The minimum absolute atomic E-state index is 0.0988. The van der Waals surface area contributed by atoms with Gasteiger partial charge in [0.25, 0.3) is 0 Å². The molecule has 4 atom stereocenters. The molecule has 1 spiro atoms.